The summed E-state index contributed by atoms with van der Waals surface area (Å²) in [6, 6.07) is 6.62. The van der Waals surface area contributed by atoms with Crippen molar-refractivity contribution in [1.29, 1.82) is 0 Å². The van der Waals surface area contributed by atoms with E-state index in [1.165, 1.54) is 12.1 Å². The number of hydrogen-bond donors (Lipinski definition) is 1. The minimum atomic E-state index is -0.205. The van der Waals surface area contributed by atoms with Gasteiger partial charge in [0, 0.05) is 19.6 Å². The standard InChI is InChI=1S/C17H25FN2O/c1-13(2)10-19-17(21)15-4-3-9-20(12-15)11-14-5-7-16(18)8-6-14/h5-8,13,15H,3-4,9-12H2,1-2H3,(H,19,21). The molecule has 21 heavy (non-hydrogen) atoms. The van der Waals surface area contributed by atoms with E-state index in [1.54, 1.807) is 0 Å². The van der Waals surface area contributed by atoms with Crippen molar-refractivity contribution in [2.45, 2.75) is 33.2 Å². The largest absolute Gasteiger partial charge is 0.356 e. The molecule has 1 amide bonds. The number of carbonyl (C=O) groups excluding carboxylic acids is 1. The van der Waals surface area contributed by atoms with Gasteiger partial charge in [-0.2, -0.15) is 0 Å². The van der Waals surface area contributed by atoms with Crippen LogP contribution in [-0.4, -0.2) is 30.4 Å². The summed E-state index contributed by atoms with van der Waals surface area (Å²) in [6.07, 6.45) is 2.00. The van der Waals surface area contributed by atoms with Gasteiger partial charge < -0.3 is 5.32 Å². The van der Waals surface area contributed by atoms with Gasteiger partial charge in [-0.25, -0.2) is 4.39 Å². The van der Waals surface area contributed by atoms with E-state index >= 15 is 0 Å². The zero-order valence-electron chi connectivity index (χ0n) is 12.9. The molecule has 1 aromatic carbocycles. The Balaban J connectivity index is 1.85. The number of piperidine rings is 1. The number of hydrogen-bond acceptors (Lipinski definition) is 2. The van der Waals surface area contributed by atoms with Gasteiger partial charge in [0.05, 0.1) is 5.92 Å². The Labute approximate surface area is 126 Å². The van der Waals surface area contributed by atoms with E-state index in [-0.39, 0.29) is 17.6 Å². The Kier molecular flexibility index (Phi) is 5.74. The predicted molar refractivity (Wildman–Crippen MR) is 82.2 cm³/mol. The van der Waals surface area contributed by atoms with Crippen molar-refractivity contribution in [1.82, 2.24) is 10.2 Å². The van der Waals surface area contributed by atoms with E-state index in [0.717, 1.165) is 44.6 Å². The molecule has 1 N–H and O–H groups in total. The molecular weight excluding hydrogens is 267 g/mol. The summed E-state index contributed by atoms with van der Waals surface area (Å²) in [5, 5.41) is 3.03. The average molecular weight is 292 g/mol. The number of amides is 1. The van der Waals surface area contributed by atoms with Crippen molar-refractivity contribution >= 4 is 5.91 Å². The zero-order chi connectivity index (χ0) is 15.2. The molecule has 0 spiro atoms. The van der Waals surface area contributed by atoms with Gasteiger partial charge in [-0.05, 0) is 43.0 Å². The Morgan fingerprint density at radius 1 is 1.38 bits per heavy atom. The van der Waals surface area contributed by atoms with Crippen LogP contribution in [0.5, 0.6) is 0 Å². The number of halogens is 1. The van der Waals surface area contributed by atoms with Crippen molar-refractivity contribution in [3.63, 3.8) is 0 Å². The van der Waals surface area contributed by atoms with E-state index in [1.807, 2.05) is 12.1 Å². The van der Waals surface area contributed by atoms with E-state index in [4.69, 9.17) is 0 Å². The first kappa shape index (κ1) is 16.0. The van der Waals surface area contributed by atoms with Crippen molar-refractivity contribution in [2.75, 3.05) is 19.6 Å². The molecule has 0 aliphatic carbocycles. The van der Waals surface area contributed by atoms with Gasteiger partial charge in [-0.1, -0.05) is 26.0 Å². The monoisotopic (exact) mass is 292 g/mol. The van der Waals surface area contributed by atoms with Gasteiger partial charge in [-0.3, -0.25) is 9.69 Å². The Morgan fingerprint density at radius 2 is 2.10 bits per heavy atom. The maximum Gasteiger partial charge on any atom is 0.224 e. The molecule has 1 aliphatic heterocycles. The van der Waals surface area contributed by atoms with Gasteiger partial charge in [0.1, 0.15) is 5.82 Å². The average Bonchev–Trinajstić information content (AvgIpc) is 2.47. The number of nitrogens with zero attached hydrogens (tertiary/aromatic N) is 1. The summed E-state index contributed by atoms with van der Waals surface area (Å²) in [7, 11) is 0. The van der Waals surface area contributed by atoms with E-state index in [9.17, 15) is 9.18 Å². The lowest BCUT2D eigenvalue weighted by molar-refractivity contribution is -0.126. The third kappa shape index (κ3) is 5.12. The smallest absolute Gasteiger partial charge is 0.224 e. The molecule has 1 unspecified atom stereocenters. The lowest BCUT2D eigenvalue weighted by atomic mass is 9.96. The van der Waals surface area contributed by atoms with Crippen LogP contribution in [0.2, 0.25) is 0 Å². The molecule has 0 radical (unpaired) electrons. The van der Waals surface area contributed by atoms with E-state index < -0.39 is 0 Å². The van der Waals surface area contributed by atoms with Gasteiger partial charge >= 0.3 is 0 Å². The first-order valence-electron chi connectivity index (χ1n) is 7.79. The summed E-state index contributed by atoms with van der Waals surface area (Å²) < 4.78 is 12.9. The number of nitrogens with one attached hydrogen (secondary N) is 1. The van der Waals surface area contributed by atoms with Crippen LogP contribution in [0.3, 0.4) is 0 Å². The fraction of sp³-hybridized carbons (Fsp3) is 0.588. The molecule has 0 bridgehead atoms. The first-order valence-corrected chi connectivity index (χ1v) is 7.79. The quantitative estimate of drug-likeness (QED) is 0.905. The highest BCUT2D eigenvalue weighted by Gasteiger charge is 2.25. The second-order valence-electron chi connectivity index (χ2n) is 6.34. The number of carbonyl (C=O) groups is 1. The number of likely N-dealkylation sites (tertiary alicyclic amines) is 1. The molecule has 1 aliphatic rings. The molecule has 1 atom stereocenters. The van der Waals surface area contributed by atoms with Crippen LogP contribution in [0.25, 0.3) is 0 Å². The number of benzene rings is 1. The predicted octanol–water partition coefficient (Wildman–Crippen LogP) is 2.81. The first-order chi connectivity index (χ1) is 10.0. The molecule has 2 rings (SSSR count). The minimum absolute atomic E-state index is 0.0814. The fourth-order valence-electron chi connectivity index (χ4n) is 2.71. The van der Waals surface area contributed by atoms with Crippen LogP contribution in [0, 0.1) is 17.7 Å². The maximum absolute atomic E-state index is 12.9. The summed E-state index contributed by atoms with van der Waals surface area (Å²) in [5.74, 6) is 0.529. The Hall–Kier alpha value is -1.42. The molecule has 1 heterocycles. The van der Waals surface area contributed by atoms with Gasteiger partial charge in [-0.15, -0.1) is 0 Å². The highest BCUT2D eigenvalue weighted by Crippen LogP contribution is 2.19. The van der Waals surface area contributed by atoms with Crippen LogP contribution in [-0.2, 0) is 11.3 Å². The van der Waals surface area contributed by atoms with Crippen molar-refractivity contribution in [2.24, 2.45) is 11.8 Å². The zero-order valence-corrected chi connectivity index (χ0v) is 12.9. The molecule has 3 nitrogen and oxygen atoms in total. The van der Waals surface area contributed by atoms with Crippen molar-refractivity contribution in [3.8, 4) is 0 Å². The van der Waals surface area contributed by atoms with E-state index in [2.05, 4.69) is 24.1 Å². The third-order valence-electron chi connectivity index (χ3n) is 3.88. The summed E-state index contributed by atoms with van der Waals surface area (Å²) in [6.45, 7) is 7.53. The lowest BCUT2D eigenvalue weighted by Crippen LogP contribution is -2.43. The normalized spacial score (nSPS) is 19.7. The van der Waals surface area contributed by atoms with Crippen molar-refractivity contribution < 1.29 is 9.18 Å². The summed E-state index contributed by atoms with van der Waals surface area (Å²) in [4.78, 5) is 14.4. The van der Waals surface area contributed by atoms with Crippen molar-refractivity contribution in [3.05, 3.63) is 35.6 Å². The second-order valence-corrected chi connectivity index (χ2v) is 6.34. The molecule has 1 aromatic rings. The minimum Gasteiger partial charge on any atom is -0.356 e. The molecular formula is C17H25FN2O. The molecule has 0 aromatic heterocycles. The van der Waals surface area contributed by atoms with Crippen LogP contribution in [0.4, 0.5) is 4.39 Å². The Bertz CT molecular complexity index is 458. The SMILES string of the molecule is CC(C)CNC(=O)C1CCCN(Cc2ccc(F)cc2)C1. The van der Waals surface area contributed by atoms with Crippen LogP contribution < -0.4 is 5.32 Å². The topological polar surface area (TPSA) is 32.3 Å². The number of rotatable bonds is 5. The molecule has 4 heteroatoms. The molecule has 116 valence electrons. The maximum atomic E-state index is 12.9. The Morgan fingerprint density at radius 3 is 2.76 bits per heavy atom. The third-order valence-corrected chi connectivity index (χ3v) is 3.88. The molecule has 0 saturated carbocycles. The van der Waals surface area contributed by atoms with Crippen LogP contribution >= 0.6 is 0 Å². The van der Waals surface area contributed by atoms with Gasteiger partial charge in [0.2, 0.25) is 5.91 Å². The van der Waals surface area contributed by atoms with Crippen LogP contribution in [0.15, 0.2) is 24.3 Å². The highest BCUT2D eigenvalue weighted by molar-refractivity contribution is 5.78. The van der Waals surface area contributed by atoms with Gasteiger partial charge in [0.15, 0.2) is 0 Å². The fourth-order valence-corrected chi connectivity index (χ4v) is 2.71. The van der Waals surface area contributed by atoms with Gasteiger partial charge in [0.25, 0.3) is 0 Å². The molecule has 1 saturated heterocycles. The molecule has 1 fully saturated rings. The lowest BCUT2D eigenvalue weighted by Gasteiger charge is -2.32. The van der Waals surface area contributed by atoms with E-state index in [0.29, 0.717) is 5.92 Å². The highest BCUT2D eigenvalue weighted by atomic mass is 19.1. The van der Waals surface area contributed by atoms with Crippen LogP contribution in [0.1, 0.15) is 32.3 Å². The summed E-state index contributed by atoms with van der Waals surface area (Å²) >= 11 is 0. The summed E-state index contributed by atoms with van der Waals surface area (Å²) in [5.41, 5.74) is 1.10. The second kappa shape index (κ2) is 7.55.